The summed E-state index contributed by atoms with van der Waals surface area (Å²) in [6.07, 6.45) is 5.03. The second kappa shape index (κ2) is 9.39. The van der Waals surface area contributed by atoms with Crippen molar-refractivity contribution in [1.82, 2.24) is 10.6 Å². The molecule has 30 heavy (non-hydrogen) atoms. The maximum Gasteiger partial charge on any atom is 0.203 e. The quantitative estimate of drug-likeness (QED) is 0.421. The fourth-order valence-corrected chi connectivity index (χ4v) is 5.95. The summed E-state index contributed by atoms with van der Waals surface area (Å²) < 4.78 is 0. The Morgan fingerprint density at radius 1 is 1.07 bits per heavy atom. The van der Waals surface area contributed by atoms with Crippen molar-refractivity contribution >= 4 is 46.4 Å². The first-order valence-electron chi connectivity index (χ1n) is 10.8. The Bertz CT molecular complexity index is 847. The summed E-state index contributed by atoms with van der Waals surface area (Å²) in [7, 11) is 0. The van der Waals surface area contributed by atoms with Gasteiger partial charge in [0.05, 0.1) is 18.0 Å². The number of hydrogen-bond acceptors (Lipinski definition) is 6. The Kier molecular flexibility index (Phi) is 6.82. The molecular weight excluding hydrogens is 416 g/mol. The zero-order valence-electron chi connectivity index (χ0n) is 16.9. The summed E-state index contributed by atoms with van der Waals surface area (Å²) in [6, 6.07) is 7.38. The molecule has 7 heteroatoms. The van der Waals surface area contributed by atoms with Gasteiger partial charge in [0.2, 0.25) is 5.12 Å². The van der Waals surface area contributed by atoms with E-state index in [0.717, 1.165) is 25.7 Å². The molecule has 160 valence electrons. The molecule has 1 aromatic rings. The number of thiol groups is 1. The van der Waals surface area contributed by atoms with Gasteiger partial charge < -0.3 is 10.6 Å². The third-order valence-corrected chi connectivity index (χ3v) is 7.53. The lowest BCUT2D eigenvalue weighted by molar-refractivity contribution is -0.131. The summed E-state index contributed by atoms with van der Waals surface area (Å²) in [5.74, 6) is -0.436. The van der Waals surface area contributed by atoms with E-state index in [1.807, 2.05) is 0 Å². The Balaban J connectivity index is 1.32. The van der Waals surface area contributed by atoms with Crippen LogP contribution in [0.1, 0.15) is 36.8 Å². The number of hydrogen-bond donors (Lipinski definition) is 3. The summed E-state index contributed by atoms with van der Waals surface area (Å²) >= 11 is 9.35. The molecule has 4 atom stereocenters. The number of fused-ring (bicyclic) bond motifs is 1. The van der Waals surface area contributed by atoms with Crippen LogP contribution in [-0.4, -0.2) is 46.7 Å². The molecule has 0 radical (unpaired) electrons. The number of nitrogens with one attached hydrogen (secondary N) is 2. The predicted molar refractivity (Wildman–Crippen MR) is 123 cm³/mol. The number of carbonyl (C=O) groups excluding carboxylic acids is 3. The highest BCUT2D eigenvalue weighted by molar-refractivity contribution is 7.96. The highest BCUT2D eigenvalue weighted by Gasteiger charge is 2.46. The molecular formula is C23H28N2O3S2. The zero-order chi connectivity index (χ0) is 21.3. The van der Waals surface area contributed by atoms with Crippen LogP contribution in [0.4, 0.5) is 0 Å². The predicted octanol–water partition coefficient (Wildman–Crippen LogP) is 2.10. The van der Waals surface area contributed by atoms with Gasteiger partial charge in [-0.25, -0.2) is 0 Å². The number of ketones is 2. The molecule has 2 unspecified atom stereocenters. The van der Waals surface area contributed by atoms with Crippen molar-refractivity contribution in [2.45, 2.75) is 50.6 Å². The lowest BCUT2D eigenvalue weighted by Gasteiger charge is -2.23. The number of Topliss-reactive ketones (excluding diaryl/α,β-unsaturated/α-hetero) is 2. The Labute approximate surface area is 188 Å². The monoisotopic (exact) mass is 444 g/mol. The average Bonchev–Trinajstić information content (AvgIpc) is 3.44. The van der Waals surface area contributed by atoms with Gasteiger partial charge in [-0.15, -0.1) is 12.6 Å². The first-order chi connectivity index (χ1) is 14.5. The van der Waals surface area contributed by atoms with Crippen LogP contribution in [0, 0.1) is 17.8 Å². The third kappa shape index (κ3) is 4.44. The van der Waals surface area contributed by atoms with E-state index in [2.05, 4.69) is 47.5 Å². The van der Waals surface area contributed by atoms with Gasteiger partial charge in [-0.1, -0.05) is 36.5 Å². The third-order valence-electron chi connectivity index (χ3n) is 6.85. The number of benzene rings is 1. The van der Waals surface area contributed by atoms with E-state index in [-0.39, 0.29) is 16.7 Å². The lowest BCUT2D eigenvalue weighted by atomic mass is 9.83. The minimum atomic E-state index is -0.610. The largest absolute Gasteiger partial charge is 0.306 e. The van der Waals surface area contributed by atoms with Gasteiger partial charge in [-0.05, 0) is 55.7 Å². The van der Waals surface area contributed by atoms with E-state index < -0.39 is 23.9 Å². The molecule has 4 rings (SSSR count). The molecule has 2 heterocycles. The van der Waals surface area contributed by atoms with E-state index in [1.165, 1.54) is 11.1 Å². The second-order valence-electron chi connectivity index (χ2n) is 8.77. The zero-order valence-corrected chi connectivity index (χ0v) is 18.6. The highest BCUT2D eigenvalue weighted by Crippen LogP contribution is 2.31. The number of thiocarbonyl (C=S) groups is 1. The van der Waals surface area contributed by atoms with Crippen molar-refractivity contribution in [2.24, 2.45) is 17.8 Å². The van der Waals surface area contributed by atoms with Crippen LogP contribution >= 0.6 is 24.8 Å². The molecule has 1 aromatic carbocycles. The van der Waals surface area contributed by atoms with Crippen LogP contribution in [0.15, 0.2) is 24.3 Å². The summed E-state index contributed by atoms with van der Waals surface area (Å²) in [6.45, 7) is 1.01. The topological polar surface area (TPSA) is 75.3 Å². The van der Waals surface area contributed by atoms with Crippen molar-refractivity contribution < 1.29 is 14.4 Å². The molecule has 2 N–H and O–H groups in total. The van der Waals surface area contributed by atoms with Gasteiger partial charge in [0, 0.05) is 23.7 Å². The fraction of sp³-hybridized carbons (Fsp3) is 0.565. The van der Waals surface area contributed by atoms with Gasteiger partial charge in [0.1, 0.15) is 5.78 Å². The molecule has 2 fully saturated rings. The number of rotatable bonds is 8. The first-order valence-corrected chi connectivity index (χ1v) is 11.7. The molecule has 0 spiro atoms. The van der Waals surface area contributed by atoms with Gasteiger partial charge in [-0.2, -0.15) is 0 Å². The summed E-state index contributed by atoms with van der Waals surface area (Å²) in [5.41, 5.74) is 2.86. The molecule has 5 nitrogen and oxygen atoms in total. The van der Waals surface area contributed by atoms with Crippen LogP contribution in [-0.2, 0) is 27.2 Å². The summed E-state index contributed by atoms with van der Waals surface area (Å²) in [4.78, 5) is 38.5. The molecule has 0 amide bonds. The first kappa shape index (κ1) is 21.8. The molecule has 0 bridgehead atoms. The van der Waals surface area contributed by atoms with Crippen LogP contribution in [0.5, 0.6) is 0 Å². The summed E-state index contributed by atoms with van der Waals surface area (Å²) in [5, 5.41) is 5.86. The van der Waals surface area contributed by atoms with Gasteiger partial charge in [0.25, 0.3) is 0 Å². The lowest BCUT2D eigenvalue weighted by Crippen LogP contribution is -2.47. The van der Waals surface area contributed by atoms with Crippen molar-refractivity contribution in [3.05, 3.63) is 35.4 Å². The van der Waals surface area contributed by atoms with E-state index >= 15 is 0 Å². The molecule has 1 aliphatic carbocycles. The fourth-order valence-electron chi connectivity index (χ4n) is 5.33. The minimum absolute atomic E-state index is 0.0542. The van der Waals surface area contributed by atoms with Crippen LogP contribution in [0.3, 0.4) is 0 Å². The second-order valence-corrected chi connectivity index (χ2v) is 9.74. The normalized spacial score (nSPS) is 28.6. The van der Waals surface area contributed by atoms with Crippen LogP contribution < -0.4 is 10.6 Å². The Hall–Kier alpha value is -1.41. The van der Waals surface area contributed by atoms with E-state index in [1.54, 1.807) is 0 Å². The Morgan fingerprint density at radius 2 is 1.77 bits per heavy atom. The molecule has 0 saturated carbocycles. The van der Waals surface area contributed by atoms with Gasteiger partial charge in [-0.3, -0.25) is 14.4 Å². The smallest absolute Gasteiger partial charge is 0.203 e. The molecule has 0 aromatic heterocycles. The SMILES string of the molecule is O=C(CCCC1Cc2ccccc2C1)C1C(=S)CN[C@@H]1C(=O)C1CCN[C@@H]1C(=O)S. The number of carbonyl (C=O) groups is 3. The standard InChI is InChI=1S/C23H28N2O3S2/c26-17(7-3-4-13-10-14-5-1-2-6-15(14)11-13)19-18(29)12-25-21(19)22(27)16-8-9-24-20(16)23(28)30/h1-2,5-6,13,16,19-21,24-25H,3-4,7-12H2,(H,28,30)/t16?,19?,20-,21-/m0/s1. The highest BCUT2D eigenvalue weighted by atomic mass is 32.1. The average molecular weight is 445 g/mol. The van der Waals surface area contributed by atoms with Gasteiger partial charge >= 0.3 is 0 Å². The van der Waals surface area contributed by atoms with Crippen molar-refractivity contribution in [1.29, 1.82) is 0 Å². The molecule has 2 aliphatic heterocycles. The van der Waals surface area contributed by atoms with Crippen molar-refractivity contribution in [3.63, 3.8) is 0 Å². The Morgan fingerprint density at radius 3 is 2.43 bits per heavy atom. The van der Waals surface area contributed by atoms with E-state index in [4.69, 9.17) is 12.2 Å². The maximum atomic E-state index is 13.1. The molecule has 3 aliphatic rings. The van der Waals surface area contributed by atoms with Crippen LogP contribution in [0.2, 0.25) is 0 Å². The van der Waals surface area contributed by atoms with Crippen molar-refractivity contribution in [2.75, 3.05) is 13.1 Å². The van der Waals surface area contributed by atoms with Crippen LogP contribution in [0.25, 0.3) is 0 Å². The minimum Gasteiger partial charge on any atom is -0.306 e. The van der Waals surface area contributed by atoms with Crippen molar-refractivity contribution in [3.8, 4) is 0 Å². The maximum absolute atomic E-state index is 13.1. The van der Waals surface area contributed by atoms with E-state index in [9.17, 15) is 14.4 Å². The van der Waals surface area contributed by atoms with Gasteiger partial charge in [0.15, 0.2) is 5.78 Å². The molecule has 2 saturated heterocycles. The van der Waals surface area contributed by atoms with E-state index in [0.29, 0.717) is 36.7 Å².